The molecule has 39 heavy (non-hydrogen) atoms. The SMILES string of the molecule is Cc1c(-c2ccc(CC(C)(C)C)cc2)sc2c(-c3cc4ccccc4c4c3oc3cc(F)ccc34)nccc12. The quantitative estimate of drug-likeness (QED) is 0.227. The minimum Gasteiger partial charge on any atom is -0.455 e. The lowest BCUT2D eigenvalue weighted by molar-refractivity contribution is 0.411. The molecule has 0 aliphatic heterocycles. The van der Waals surface area contributed by atoms with E-state index in [2.05, 4.69) is 76.2 Å². The molecule has 0 bridgehead atoms. The number of fused-ring (bicyclic) bond motifs is 6. The average molecular weight is 530 g/mol. The van der Waals surface area contributed by atoms with Crippen LogP contribution in [0.3, 0.4) is 0 Å². The van der Waals surface area contributed by atoms with Crippen molar-refractivity contribution in [2.45, 2.75) is 34.1 Å². The lowest BCUT2D eigenvalue weighted by atomic mass is 9.88. The van der Waals surface area contributed by atoms with Crippen LogP contribution >= 0.6 is 11.3 Å². The maximum absolute atomic E-state index is 14.2. The van der Waals surface area contributed by atoms with Crippen molar-refractivity contribution in [3.63, 3.8) is 0 Å². The number of pyridine rings is 1. The van der Waals surface area contributed by atoms with Gasteiger partial charge in [-0.05, 0) is 75.9 Å². The lowest BCUT2D eigenvalue weighted by Crippen LogP contribution is -2.08. The number of thiophene rings is 1. The molecular weight excluding hydrogens is 501 g/mol. The molecule has 0 saturated carbocycles. The van der Waals surface area contributed by atoms with E-state index in [-0.39, 0.29) is 11.2 Å². The predicted octanol–water partition coefficient (Wildman–Crippen LogP) is 10.7. The van der Waals surface area contributed by atoms with Gasteiger partial charge in [0.2, 0.25) is 0 Å². The van der Waals surface area contributed by atoms with Gasteiger partial charge in [0.15, 0.2) is 0 Å². The molecule has 0 amide bonds. The summed E-state index contributed by atoms with van der Waals surface area (Å²) in [4.78, 5) is 6.16. The number of halogens is 1. The maximum atomic E-state index is 14.2. The van der Waals surface area contributed by atoms with E-state index in [1.165, 1.54) is 39.1 Å². The van der Waals surface area contributed by atoms with Gasteiger partial charge in [-0.3, -0.25) is 4.98 Å². The van der Waals surface area contributed by atoms with Crippen molar-refractivity contribution in [3.05, 3.63) is 102 Å². The highest BCUT2D eigenvalue weighted by molar-refractivity contribution is 7.23. The molecular formula is C35H28FNOS. The molecule has 0 aliphatic carbocycles. The fourth-order valence-electron chi connectivity index (χ4n) is 5.78. The van der Waals surface area contributed by atoms with Crippen molar-refractivity contribution in [1.29, 1.82) is 0 Å². The topological polar surface area (TPSA) is 26.0 Å². The minimum atomic E-state index is -0.306. The number of benzene rings is 4. The first-order valence-electron chi connectivity index (χ1n) is 13.3. The first kappa shape index (κ1) is 24.1. The summed E-state index contributed by atoms with van der Waals surface area (Å²) in [6, 6.07) is 26.3. The maximum Gasteiger partial charge on any atom is 0.145 e. The minimum absolute atomic E-state index is 0.253. The number of furan rings is 1. The summed E-state index contributed by atoms with van der Waals surface area (Å²) in [5, 5.41) is 5.30. The van der Waals surface area contributed by atoms with Gasteiger partial charge < -0.3 is 4.42 Å². The van der Waals surface area contributed by atoms with E-state index in [1.807, 2.05) is 24.4 Å². The highest BCUT2D eigenvalue weighted by Gasteiger charge is 2.21. The molecule has 2 nitrogen and oxygen atoms in total. The highest BCUT2D eigenvalue weighted by atomic mass is 32.1. The molecule has 0 fully saturated rings. The van der Waals surface area contributed by atoms with Crippen molar-refractivity contribution in [1.82, 2.24) is 4.98 Å². The smallest absolute Gasteiger partial charge is 0.145 e. The Morgan fingerprint density at radius 1 is 0.872 bits per heavy atom. The van der Waals surface area contributed by atoms with Gasteiger partial charge in [-0.25, -0.2) is 4.39 Å². The zero-order valence-electron chi connectivity index (χ0n) is 22.4. The molecule has 0 unspecified atom stereocenters. The van der Waals surface area contributed by atoms with Gasteiger partial charge in [-0.1, -0.05) is 69.3 Å². The van der Waals surface area contributed by atoms with E-state index in [1.54, 1.807) is 11.3 Å². The Morgan fingerprint density at radius 3 is 2.46 bits per heavy atom. The molecule has 0 atom stereocenters. The Bertz CT molecular complexity index is 2040. The third-order valence-electron chi connectivity index (χ3n) is 7.49. The van der Waals surface area contributed by atoms with Crippen molar-refractivity contribution >= 4 is 54.1 Å². The summed E-state index contributed by atoms with van der Waals surface area (Å²) in [5.41, 5.74) is 7.20. The number of aryl methyl sites for hydroxylation is 1. The molecule has 7 rings (SSSR count). The van der Waals surface area contributed by atoms with Gasteiger partial charge in [0.05, 0.1) is 10.4 Å². The Morgan fingerprint density at radius 2 is 1.67 bits per heavy atom. The van der Waals surface area contributed by atoms with Crippen molar-refractivity contribution in [3.8, 4) is 21.7 Å². The molecule has 0 spiro atoms. The van der Waals surface area contributed by atoms with Gasteiger partial charge in [-0.2, -0.15) is 0 Å². The van der Waals surface area contributed by atoms with Crippen LogP contribution in [0.2, 0.25) is 0 Å². The third kappa shape index (κ3) is 4.02. The van der Waals surface area contributed by atoms with Gasteiger partial charge in [0.1, 0.15) is 17.0 Å². The summed E-state index contributed by atoms with van der Waals surface area (Å²) in [5.74, 6) is -0.306. The Labute approximate surface area is 230 Å². The summed E-state index contributed by atoms with van der Waals surface area (Å²) >= 11 is 1.78. The Kier molecular flexibility index (Phi) is 5.40. The second kappa shape index (κ2) is 8.75. The van der Waals surface area contributed by atoms with Gasteiger partial charge >= 0.3 is 0 Å². The number of nitrogens with zero attached hydrogens (tertiary/aromatic N) is 1. The molecule has 0 aliphatic rings. The zero-order chi connectivity index (χ0) is 26.9. The predicted molar refractivity (Wildman–Crippen MR) is 163 cm³/mol. The van der Waals surface area contributed by atoms with Crippen molar-refractivity contribution in [2.24, 2.45) is 5.41 Å². The van der Waals surface area contributed by atoms with E-state index in [4.69, 9.17) is 9.40 Å². The second-order valence-electron chi connectivity index (χ2n) is 11.6. The van der Waals surface area contributed by atoms with E-state index < -0.39 is 0 Å². The average Bonchev–Trinajstić information content (AvgIpc) is 3.45. The fraction of sp³-hybridized carbons (Fsp3) is 0.171. The molecule has 0 radical (unpaired) electrons. The van der Waals surface area contributed by atoms with Crippen LogP contribution in [0.1, 0.15) is 31.9 Å². The molecule has 3 heterocycles. The number of rotatable bonds is 3. The lowest BCUT2D eigenvalue weighted by Gasteiger charge is -2.18. The number of hydrogen-bond acceptors (Lipinski definition) is 3. The summed E-state index contributed by atoms with van der Waals surface area (Å²) < 4.78 is 21.7. The Balaban J connectivity index is 1.46. The molecule has 4 aromatic carbocycles. The van der Waals surface area contributed by atoms with E-state index in [0.717, 1.165) is 49.5 Å². The second-order valence-corrected chi connectivity index (χ2v) is 12.6. The van der Waals surface area contributed by atoms with Crippen molar-refractivity contribution in [2.75, 3.05) is 0 Å². The third-order valence-corrected chi connectivity index (χ3v) is 8.85. The summed E-state index contributed by atoms with van der Waals surface area (Å²) in [6.07, 6.45) is 2.93. The Hall–Kier alpha value is -4.02. The molecule has 0 saturated heterocycles. The van der Waals surface area contributed by atoms with Crippen LogP contribution in [0.15, 0.2) is 89.5 Å². The van der Waals surface area contributed by atoms with Crippen LogP contribution in [0.4, 0.5) is 4.39 Å². The van der Waals surface area contributed by atoms with Crippen LogP contribution < -0.4 is 0 Å². The van der Waals surface area contributed by atoms with Crippen molar-refractivity contribution < 1.29 is 8.81 Å². The molecule has 7 aromatic rings. The molecule has 0 N–H and O–H groups in total. The largest absolute Gasteiger partial charge is 0.455 e. The van der Waals surface area contributed by atoms with E-state index >= 15 is 0 Å². The summed E-state index contributed by atoms with van der Waals surface area (Å²) in [7, 11) is 0. The highest BCUT2D eigenvalue weighted by Crippen LogP contribution is 2.46. The van der Waals surface area contributed by atoms with Crippen LogP contribution in [-0.2, 0) is 6.42 Å². The van der Waals surface area contributed by atoms with Gasteiger partial charge in [0, 0.05) is 33.5 Å². The monoisotopic (exact) mass is 529 g/mol. The van der Waals surface area contributed by atoms with Gasteiger partial charge in [-0.15, -0.1) is 11.3 Å². The van der Waals surface area contributed by atoms with Crippen LogP contribution in [-0.4, -0.2) is 4.98 Å². The van der Waals surface area contributed by atoms with E-state index in [9.17, 15) is 4.39 Å². The van der Waals surface area contributed by atoms with E-state index in [0.29, 0.717) is 5.58 Å². The zero-order valence-corrected chi connectivity index (χ0v) is 23.2. The summed E-state index contributed by atoms with van der Waals surface area (Å²) in [6.45, 7) is 9.01. The number of hydrogen-bond donors (Lipinski definition) is 0. The van der Waals surface area contributed by atoms with Crippen LogP contribution in [0, 0.1) is 18.2 Å². The first-order valence-corrected chi connectivity index (χ1v) is 14.1. The van der Waals surface area contributed by atoms with Gasteiger partial charge in [0.25, 0.3) is 0 Å². The van der Waals surface area contributed by atoms with Crippen LogP contribution in [0.25, 0.3) is 64.5 Å². The number of aromatic nitrogens is 1. The normalized spacial score (nSPS) is 12.3. The standard InChI is InChI=1S/C35H28FNOS/c1-20-25-15-16-37-31(34(25)39-33(20)22-11-9-21(10-12-22)19-35(2,3)4)28-17-23-7-5-6-8-26(23)30-27-14-13-24(36)18-29(27)38-32(28)30/h5-18H,19H2,1-4H3. The fourth-order valence-corrected chi connectivity index (χ4v) is 7.09. The molecule has 3 aromatic heterocycles. The van der Waals surface area contributed by atoms with Crippen LogP contribution in [0.5, 0.6) is 0 Å². The first-order chi connectivity index (χ1) is 18.8. The molecule has 192 valence electrons. The molecule has 4 heteroatoms.